The van der Waals surface area contributed by atoms with Gasteiger partial charge in [-0.2, -0.15) is 5.26 Å². The molecule has 140 valence electrons. The highest BCUT2D eigenvalue weighted by Crippen LogP contribution is 2.32. The first-order valence-electron chi connectivity index (χ1n) is 8.91. The van der Waals surface area contributed by atoms with E-state index in [4.69, 9.17) is 9.47 Å². The molecule has 0 N–H and O–H groups in total. The van der Waals surface area contributed by atoms with Crippen LogP contribution in [0.2, 0.25) is 0 Å². The zero-order valence-corrected chi connectivity index (χ0v) is 15.7. The second-order valence-electron chi connectivity index (χ2n) is 6.85. The van der Waals surface area contributed by atoms with Crippen molar-refractivity contribution in [2.24, 2.45) is 0 Å². The number of benzene rings is 1. The summed E-state index contributed by atoms with van der Waals surface area (Å²) in [6.07, 6.45) is 4.25. The number of ether oxygens (including phenoxy) is 2. The first-order chi connectivity index (χ1) is 12.4. The fourth-order valence-corrected chi connectivity index (χ4v) is 3.12. The first-order valence-corrected chi connectivity index (χ1v) is 8.91. The third-order valence-corrected chi connectivity index (χ3v) is 5.10. The molecule has 0 radical (unpaired) electrons. The van der Waals surface area contributed by atoms with Crippen LogP contribution in [0.5, 0.6) is 5.75 Å². The summed E-state index contributed by atoms with van der Waals surface area (Å²) in [5.41, 5.74) is 1.43. The van der Waals surface area contributed by atoms with Gasteiger partial charge in [0.25, 0.3) is 5.91 Å². The van der Waals surface area contributed by atoms with Crippen LogP contribution in [0.1, 0.15) is 43.2 Å². The van der Waals surface area contributed by atoms with Crippen LogP contribution in [0.4, 0.5) is 0 Å². The molecule has 0 saturated heterocycles. The van der Waals surface area contributed by atoms with Crippen molar-refractivity contribution >= 4 is 11.9 Å². The van der Waals surface area contributed by atoms with Gasteiger partial charge in [-0.15, -0.1) is 0 Å². The zero-order valence-electron chi connectivity index (χ0n) is 15.7. The number of esters is 1. The number of aryl methyl sites for hydroxylation is 2. The minimum atomic E-state index is -0.780. The number of carbonyl (C=O) groups is 2. The van der Waals surface area contributed by atoms with E-state index in [1.165, 1.54) is 4.90 Å². The molecule has 0 atom stereocenters. The molecule has 1 amide bonds. The van der Waals surface area contributed by atoms with Crippen molar-refractivity contribution < 1.29 is 19.1 Å². The minimum absolute atomic E-state index is 0.261. The molecular weight excluding hydrogens is 332 g/mol. The first kappa shape index (κ1) is 19.8. The average molecular weight is 358 g/mol. The Labute approximate surface area is 154 Å². The van der Waals surface area contributed by atoms with E-state index in [0.29, 0.717) is 18.6 Å². The number of likely N-dealkylation sites (N-methyl/N-ethyl adjacent to an activating group) is 1. The van der Waals surface area contributed by atoms with Crippen LogP contribution in [0, 0.1) is 25.2 Å². The van der Waals surface area contributed by atoms with Crippen LogP contribution in [0.15, 0.2) is 18.2 Å². The largest absolute Gasteiger partial charge is 0.482 e. The molecule has 1 aliphatic carbocycles. The van der Waals surface area contributed by atoms with Crippen molar-refractivity contribution in [3.8, 4) is 11.8 Å². The summed E-state index contributed by atoms with van der Waals surface area (Å²) in [7, 11) is 1.61. The van der Waals surface area contributed by atoms with Crippen molar-refractivity contribution in [2.75, 3.05) is 20.3 Å². The van der Waals surface area contributed by atoms with Crippen LogP contribution in [0.25, 0.3) is 0 Å². The maximum atomic E-state index is 12.3. The molecule has 0 bridgehead atoms. The van der Waals surface area contributed by atoms with E-state index in [1.807, 2.05) is 26.0 Å². The topological polar surface area (TPSA) is 79.6 Å². The smallest absolute Gasteiger partial charge is 0.344 e. The third kappa shape index (κ3) is 4.75. The Morgan fingerprint density at radius 3 is 2.46 bits per heavy atom. The Kier molecular flexibility index (Phi) is 6.62. The van der Waals surface area contributed by atoms with Gasteiger partial charge in [0, 0.05) is 7.05 Å². The molecule has 1 fully saturated rings. The van der Waals surface area contributed by atoms with Crippen molar-refractivity contribution in [3.63, 3.8) is 0 Å². The Morgan fingerprint density at radius 2 is 1.85 bits per heavy atom. The fourth-order valence-electron chi connectivity index (χ4n) is 3.12. The van der Waals surface area contributed by atoms with Crippen molar-refractivity contribution in [1.82, 2.24) is 4.90 Å². The molecule has 26 heavy (non-hydrogen) atoms. The predicted molar refractivity (Wildman–Crippen MR) is 96.6 cm³/mol. The highest BCUT2D eigenvalue weighted by Gasteiger charge is 2.38. The quantitative estimate of drug-likeness (QED) is 0.731. The normalized spacial score (nSPS) is 15.6. The molecule has 0 aromatic heterocycles. The Bertz CT molecular complexity index is 702. The Balaban J connectivity index is 1.81. The number of nitriles is 1. The van der Waals surface area contributed by atoms with Gasteiger partial charge in [-0.3, -0.25) is 4.79 Å². The van der Waals surface area contributed by atoms with Crippen LogP contribution < -0.4 is 4.74 Å². The van der Waals surface area contributed by atoms with Crippen molar-refractivity contribution in [1.29, 1.82) is 5.26 Å². The van der Waals surface area contributed by atoms with E-state index in [1.54, 1.807) is 13.1 Å². The molecule has 0 spiro atoms. The van der Waals surface area contributed by atoms with Crippen molar-refractivity contribution in [2.45, 2.75) is 51.5 Å². The summed E-state index contributed by atoms with van der Waals surface area (Å²) in [6.45, 7) is 3.32. The summed E-state index contributed by atoms with van der Waals surface area (Å²) < 4.78 is 10.4. The SMILES string of the molecule is Cc1ccc(OCC(=O)OCC(=O)N(C)C2(C#N)CCCCC2)cc1C. The van der Waals surface area contributed by atoms with Crippen LogP contribution in [-0.4, -0.2) is 42.6 Å². The zero-order chi connectivity index (χ0) is 19.2. The summed E-state index contributed by atoms with van der Waals surface area (Å²) in [4.78, 5) is 25.6. The standard InChI is InChI=1S/C20H26N2O4/c1-15-7-8-17(11-16(15)2)25-13-19(24)26-12-18(23)22(3)20(14-21)9-5-4-6-10-20/h7-8,11H,4-6,9-10,12-13H2,1-3H3. The molecule has 6 heteroatoms. The second kappa shape index (κ2) is 8.70. The van der Waals surface area contributed by atoms with Crippen LogP contribution in [0.3, 0.4) is 0 Å². The molecule has 6 nitrogen and oxygen atoms in total. The number of amides is 1. The fraction of sp³-hybridized carbons (Fsp3) is 0.550. The molecule has 0 aliphatic heterocycles. The summed E-state index contributed by atoms with van der Waals surface area (Å²) >= 11 is 0. The van der Waals surface area contributed by atoms with E-state index in [-0.39, 0.29) is 19.1 Å². The van der Waals surface area contributed by atoms with E-state index in [0.717, 1.165) is 30.4 Å². The number of hydrogen-bond acceptors (Lipinski definition) is 5. The highest BCUT2D eigenvalue weighted by atomic mass is 16.6. The van der Waals surface area contributed by atoms with Gasteiger partial charge >= 0.3 is 5.97 Å². The van der Waals surface area contributed by atoms with E-state index < -0.39 is 11.5 Å². The predicted octanol–water partition coefficient (Wildman–Crippen LogP) is 2.91. The van der Waals surface area contributed by atoms with Crippen LogP contribution in [-0.2, 0) is 14.3 Å². The molecule has 0 heterocycles. The number of carbonyl (C=O) groups excluding carboxylic acids is 2. The monoisotopic (exact) mass is 358 g/mol. The van der Waals surface area contributed by atoms with Gasteiger partial charge in [-0.05, 0) is 49.9 Å². The Morgan fingerprint density at radius 1 is 1.15 bits per heavy atom. The number of hydrogen-bond donors (Lipinski definition) is 0. The number of nitrogens with zero attached hydrogens (tertiary/aromatic N) is 2. The summed E-state index contributed by atoms with van der Waals surface area (Å²) in [6, 6.07) is 7.83. The lowest BCUT2D eigenvalue weighted by Crippen LogP contribution is -2.51. The van der Waals surface area contributed by atoms with E-state index in [9.17, 15) is 14.9 Å². The lowest BCUT2D eigenvalue weighted by molar-refractivity contribution is -0.155. The maximum absolute atomic E-state index is 12.3. The Hall–Kier alpha value is -2.55. The van der Waals surface area contributed by atoms with Gasteiger partial charge < -0.3 is 14.4 Å². The van der Waals surface area contributed by atoms with Gasteiger partial charge in [0.05, 0.1) is 6.07 Å². The van der Waals surface area contributed by atoms with Gasteiger partial charge in [0.2, 0.25) is 0 Å². The molecule has 1 aromatic rings. The maximum Gasteiger partial charge on any atom is 0.344 e. The van der Waals surface area contributed by atoms with E-state index >= 15 is 0 Å². The lowest BCUT2D eigenvalue weighted by atomic mass is 9.81. The van der Waals surface area contributed by atoms with Crippen molar-refractivity contribution in [3.05, 3.63) is 29.3 Å². The van der Waals surface area contributed by atoms with Gasteiger partial charge in [-0.1, -0.05) is 25.3 Å². The van der Waals surface area contributed by atoms with E-state index in [2.05, 4.69) is 6.07 Å². The molecule has 1 aliphatic rings. The number of rotatable bonds is 6. The molecule has 0 unspecified atom stereocenters. The molecule has 1 saturated carbocycles. The second-order valence-corrected chi connectivity index (χ2v) is 6.85. The highest BCUT2D eigenvalue weighted by molar-refractivity contribution is 5.81. The minimum Gasteiger partial charge on any atom is -0.482 e. The summed E-state index contributed by atoms with van der Waals surface area (Å²) in [5.74, 6) is -0.397. The summed E-state index contributed by atoms with van der Waals surface area (Å²) in [5, 5.41) is 9.52. The average Bonchev–Trinajstić information content (AvgIpc) is 2.66. The lowest BCUT2D eigenvalue weighted by Gasteiger charge is -2.38. The van der Waals surface area contributed by atoms with Gasteiger partial charge in [0.1, 0.15) is 11.3 Å². The third-order valence-electron chi connectivity index (χ3n) is 5.10. The molecular formula is C20H26N2O4. The van der Waals surface area contributed by atoms with Gasteiger partial charge in [0.15, 0.2) is 13.2 Å². The van der Waals surface area contributed by atoms with Crippen LogP contribution >= 0.6 is 0 Å². The molecule has 1 aromatic carbocycles. The molecule has 2 rings (SSSR count). The van der Waals surface area contributed by atoms with Gasteiger partial charge in [-0.25, -0.2) is 4.79 Å².